The first-order valence-corrected chi connectivity index (χ1v) is 7.43. The van der Waals surface area contributed by atoms with E-state index >= 15 is 0 Å². The summed E-state index contributed by atoms with van der Waals surface area (Å²) >= 11 is 1.74. The fourth-order valence-corrected chi connectivity index (χ4v) is 3.30. The minimum absolute atomic E-state index is 0.0588. The van der Waals surface area contributed by atoms with E-state index in [9.17, 15) is 4.39 Å². The number of halogens is 1. The van der Waals surface area contributed by atoms with Crippen molar-refractivity contribution in [2.45, 2.75) is 13.0 Å². The summed E-state index contributed by atoms with van der Waals surface area (Å²) in [5.74, 6) is -0.488. The molecule has 4 heteroatoms. The van der Waals surface area contributed by atoms with E-state index in [1.807, 2.05) is 18.2 Å². The quantitative estimate of drug-likeness (QED) is 0.731. The van der Waals surface area contributed by atoms with Gasteiger partial charge >= 0.3 is 0 Å². The molecule has 0 amide bonds. The van der Waals surface area contributed by atoms with Crippen molar-refractivity contribution in [3.63, 3.8) is 0 Å². The lowest BCUT2D eigenvalue weighted by atomic mass is 10.1. The molecule has 0 radical (unpaired) electrons. The summed E-state index contributed by atoms with van der Waals surface area (Å²) in [6, 6.07) is 16.9. The molecular formula is C17H13FN2S. The topological polar surface area (TPSA) is 35.8 Å². The third kappa shape index (κ3) is 2.74. The first-order chi connectivity index (χ1) is 10.2. The minimum Gasteiger partial charge on any atom is -0.378 e. The normalized spacial score (nSPS) is 12.0. The number of benzene rings is 2. The van der Waals surface area contributed by atoms with Gasteiger partial charge in [-0.15, -0.1) is 11.3 Å². The molecular weight excluding hydrogens is 283 g/mol. The highest BCUT2D eigenvalue weighted by molar-refractivity contribution is 7.19. The third-order valence-corrected chi connectivity index (χ3v) is 4.64. The molecule has 0 fully saturated rings. The first-order valence-electron chi connectivity index (χ1n) is 6.62. The average molecular weight is 296 g/mol. The van der Waals surface area contributed by atoms with E-state index in [1.54, 1.807) is 23.5 Å². The molecule has 0 spiro atoms. The molecule has 104 valence electrons. The van der Waals surface area contributed by atoms with Crippen LogP contribution >= 0.6 is 11.3 Å². The van der Waals surface area contributed by atoms with Crippen LogP contribution in [0.25, 0.3) is 10.1 Å². The van der Waals surface area contributed by atoms with Gasteiger partial charge in [0.2, 0.25) is 0 Å². The Morgan fingerprint density at radius 2 is 2.00 bits per heavy atom. The number of hydrogen-bond acceptors (Lipinski definition) is 3. The van der Waals surface area contributed by atoms with Crippen LogP contribution in [-0.4, -0.2) is 0 Å². The molecule has 1 aromatic heterocycles. The number of fused-ring (bicyclic) bond motifs is 1. The third-order valence-electron chi connectivity index (χ3n) is 3.34. The van der Waals surface area contributed by atoms with Crippen LogP contribution in [0.5, 0.6) is 0 Å². The summed E-state index contributed by atoms with van der Waals surface area (Å²) in [7, 11) is 0. The monoisotopic (exact) mass is 296 g/mol. The van der Waals surface area contributed by atoms with Crippen molar-refractivity contribution in [1.29, 1.82) is 5.26 Å². The number of hydrogen-bond donors (Lipinski definition) is 1. The van der Waals surface area contributed by atoms with Gasteiger partial charge < -0.3 is 5.32 Å². The van der Waals surface area contributed by atoms with E-state index in [0.29, 0.717) is 0 Å². The maximum absolute atomic E-state index is 13.3. The maximum Gasteiger partial charge on any atom is 0.141 e. The molecule has 0 saturated carbocycles. The van der Waals surface area contributed by atoms with E-state index in [2.05, 4.69) is 30.4 Å². The van der Waals surface area contributed by atoms with E-state index in [-0.39, 0.29) is 11.6 Å². The lowest BCUT2D eigenvalue weighted by Crippen LogP contribution is -2.05. The van der Waals surface area contributed by atoms with Gasteiger partial charge in [-0.05, 0) is 42.6 Å². The van der Waals surface area contributed by atoms with Gasteiger partial charge in [-0.3, -0.25) is 0 Å². The summed E-state index contributed by atoms with van der Waals surface area (Å²) in [4.78, 5) is 1.21. The summed E-state index contributed by atoms with van der Waals surface area (Å²) in [6.07, 6.45) is 0. The zero-order chi connectivity index (χ0) is 14.8. The number of nitrogens with one attached hydrogen (secondary N) is 1. The van der Waals surface area contributed by atoms with E-state index in [0.717, 1.165) is 5.69 Å². The van der Waals surface area contributed by atoms with Crippen LogP contribution in [0.3, 0.4) is 0 Å². The smallest absolute Gasteiger partial charge is 0.141 e. The first kappa shape index (κ1) is 13.6. The van der Waals surface area contributed by atoms with Crippen molar-refractivity contribution in [2.75, 3.05) is 5.32 Å². The van der Waals surface area contributed by atoms with Crippen molar-refractivity contribution in [1.82, 2.24) is 0 Å². The Kier molecular flexibility index (Phi) is 3.59. The van der Waals surface area contributed by atoms with Crippen LogP contribution in [0.1, 0.15) is 23.4 Å². The zero-order valence-electron chi connectivity index (χ0n) is 11.4. The number of nitrogens with zero attached hydrogens (tertiary/aromatic N) is 1. The summed E-state index contributed by atoms with van der Waals surface area (Å²) in [5.41, 5.74) is 0.807. The Labute approximate surface area is 126 Å². The second-order valence-corrected chi connectivity index (χ2v) is 5.97. The SMILES string of the molecule is CC(Nc1ccc(F)c(C#N)c1)c1cc2ccccc2s1. The second-order valence-electron chi connectivity index (χ2n) is 4.86. The molecule has 3 rings (SSSR count). The van der Waals surface area contributed by atoms with Gasteiger partial charge in [0.15, 0.2) is 0 Å². The molecule has 21 heavy (non-hydrogen) atoms. The molecule has 3 aromatic rings. The van der Waals surface area contributed by atoms with E-state index in [4.69, 9.17) is 5.26 Å². The highest BCUT2D eigenvalue weighted by Gasteiger charge is 2.10. The fraction of sp³-hybridized carbons (Fsp3) is 0.118. The van der Waals surface area contributed by atoms with Crippen LogP contribution in [-0.2, 0) is 0 Å². The van der Waals surface area contributed by atoms with Crippen LogP contribution < -0.4 is 5.32 Å². The van der Waals surface area contributed by atoms with E-state index in [1.165, 1.54) is 21.0 Å². The lowest BCUT2D eigenvalue weighted by molar-refractivity contribution is 0.624. The standard InChI is InChI=1S/C17H13FN2S/c1-11(17-9-12-4-2-3-5-16(12)21-17)20-14-6-7-15(18)13(8-14)10-19/h2-9,11,20H,1H3. The molecule has 2 nitrogen and oxygen atoms in total. The van der Waals surface area contributed by atoms with Crippen LogP contribution in [0.15, 0.2) is 48.5 Å². The van der Waals surface area contributed by atoms with Gasteiger partial charge in [0, 0.05) is 15.3 Å². The average Bonchev–Trinajstić information content (AvgIpc) is 2.93. The van der Waals surface area contributed by atoms with Crippen molar-refractivity contribution < 1.29 is 4.39 Å². The Morgan fingerprint density at radius 3 is 2.76 bits per heavy atom. The van der Waals surface area contributed by atoms with Gasteiger partial charge in [-0.25, -0.2) is 4.39 Å². The predicted molar refractivity (Wildman–Crippen MR) is 85.0 cm³/mol. The molecule has 1 atom stereocenters. The highest BCUT2D eigenvalue weighted by Crippen LogP contribution is 2.31. The predicted octanol–water partition coefficient (Wildman–Crippen LogP) is 5.09. The van der Waals surface area contributed by atoms with Crippen molar-refractivity contribution in [2.24, 2.45) is 0 Å². The zero-order valence-corrected chi connectivity index (χ0v) is 12.2. The van der Waals surface area contributed by atoms with Crippen LogP contribution in [0.2, 0.25) is 0 Å². The molecule has 0 bridgehead atoms. The van der Waals surface area contributed by atoms with Crippen molar-refractivity contribution >= 4 is 27.1 Å². The molecule has 0 saturated heterocycles. The molecule has 1 N–H and O–H groups in total. The highest BCUT2D eigenvalue weighted by atomic mass is 32.1. The largest absolute Gasteiger partial charge is 0.378 e. The molecule has 0 aliphatic rings. The minimum atomic E-state index is -0.488. The Hall–Kier alpha value is -2.38. The summed E-state index contributed by atoms with van der Waals surface area (Å²) in [6.45, 7) is 2.06. The number of anilines is 1. The van der Waals surface area contributed by atoms with Gasteiger partial charge in [-0.2, -0.15) is 5.26 Å². The number of rotatable bonds is 3. The van der Waals surface area contributed by atoms with Gasteiger partial charge in [0.05, 0.1) is 11.6 Å². The summed E-state index contributed by atoms with van der Waals surface area (Å²) < 4.78 is 14.6. The maximum atomic E-state index is 13.3. The van der Waals surface area contributed by atoms with E-state index < -0.39 is 5.82 Å². The number of nitriles is 1. The second kappa shape index (κ2) is 5.55. The van der Waals surface area contributed by atoms with Crippen molar-refractivity contribution in [3.8, 4) is 6.07 Å². The van der Waals surface area contributed by atoms with Gasteiger partial charge in [-0.1, -0.05) is 18.2 Å². The molecule has 0 aliphatic carbocycles. The molecule has 1 unspecified atom stereocenters. The molecule has 2 aromatic carbocycles. The molecule has 1 heterocycles. The van der Waals surface area contributed by atoms with Crippen LogP contribution in [0.4, 0.5) is 10.1 Å². The molecule has 0 aliphatic heterocycles. The van der Waals surface area contributed by atoms with Crippen molar-refractivity contribution in [3.05, 3.63) is 64.8 Å². The Bertz CT molecular complexity index is 799. The van der Waals surface area contributed by atoms with Gasteiger partial charge in [0.25, 0.3) is 0 Å². The fourth-order valence-electron chi connectivity index (χ4n) is 2.24. The Morgan fingerprint density at radius 1 is 1.19 bits per heavy atom. The summed E-state index contributed by atoms with van der Waals surface area (Å²) in [5, 5.41) is 13.4. The van der Waals surface area contributed by atoms with Gasteiger partial charge in [0.1, 0.15) is 11.9 Å². The van der Waals surface area contributed by atoms with Crippen LogP contribution in [0, 0.1) is 17.1 Å². The lowest BCUT2D eigenvalue weighted by Gasteiger charge is -2.13. The Balaban J connectivity index is 1.86. The number of thiophene rings is 1.